The van der Waals surface area contributed by atoms with Crippen LogP contribution in [-0.2, 0) is 12.5 Å². The number of amides is 2. The zero-order valence-corrected chi connectivity index (χ0v) is 26.7. The van der Waals surface area contributed by atoms with E-state index in [1.54, 1.807) is 13.8 Å². The molecule has 0 aliphatic carbocycles. The number of thioether (sulfide) groups is 1. The molecule has 10 nitrogen and oxygen atoms in total. The number of halogens is 9. The van der Waals surface area contributed by atoms with Gasteiger partial charge in [0, 0.05) is 23.0 Å². The van der Waals surface area contributed by atoms with E-state index in [0.29, 0.717) is 16.1 Å². The monoisotopic (exact) mass is 726 g/mol. The van der Waals surface area contributed by atoms with Crippen LogP contribution in [-0.4, -0.2) is 71.7 Å². The van der Waals surface area contributed by atoms with E-state index in [0.717, 1.165) is 10.7 Å². The van der Waals surface area contributed by atoms with E-state index in [9.17, 15) is 40.3 Å². The number of aryl methyl sites for hydroxylation is 1. The Labute approximate surface area is 276 Å². The first-order valence-corrected chi connectivity index (χ1v) is 15.4. The van der Waals surface area contributed by atoms with Crippen LogP contribution in [0.4, 0.5) is 36.4 Å². The third-order valence-corrected chi connectivity index (χ3v) is 7.77. The van der Waals surface area contributed by atoms with Gasteiger partial charge in [-0.2, -0.15) is 62.6 Å². The smallest absolute Gasteiger partial charge is 0.349 e. The lowest BCUT2D eigenvalue weighted by molar-refractivity contribution is -0.360. The molecule has 252 valence electrons. The molecule has 0 unspecified atom stereocenters. The lowest BCUT2D eigenvalue weighted by atomic mass is 10.1. The second-order valence-electron chi connectivity index (χ2n) is 10.1. The van der Waals surface area contributed by atoms with Gasteiger partial charge in [-0.3, -0.25) is 9.59 Å². The molecule has 0 aliphatic heterocycles. The SMILES string of the molecule is CSC[C@H](C)NC(=O)c1cc(Cl)cc(C)c1NC(=O)c1cc(Cn2ncc(C(F)(F)C(F)(F)C(F)(F)F)n2)nn1-c1ncccc1Cl. The molecular formula is C27H23Cl2F7N8O2S. The van der Waals surface area contributed by atoms with Crippen LogP contribution < -0.4 is 10.6 Å². The molecule has 1 atom stereocenters. The number of rotatable bonds is 11. The summed E-state index contributed by atoms with van der Waals surface area (Å²) >= 11 is 14.0. The number of nitrogens with zero attached hydrogens (tertiary/aromatic N) is 6. The second kappa shape index (κ2) is 13.7. The first kappa shape index (κ1) is 35.9. The average Bonchev–Trinajstić information content (AvgIpc) is 3.62. The molecule has 2 N–H and O–H groups in total. The molecule has 47 heavy (non-hydrogen) atoms. The van der Waals surface area contributed by atoms with Crippen molar-refractivity contribution < 1.29 is 40.3 Å². The van der Waals surface area contributed by atoms with Gasteiger partial charge in [0.15, 0.2) is 11.5 Å². The fourth-order valence-electron chi connectivity index (χ4n) is 4.22. The quantitative estimate of drug-likeness (QED) is 0.168. The maximum Gasteiger partial charge on any atom is 0.460 e. The highest BCUT2D eigenvalue weighted by molar-refractivity contribution is 7.98. The Morgan fingerprint density at radius 2 is 1.74 bits per heavy atom. The summed E-state index contributed by atoms with van der Waals surface area (Å²) < 4.78 is 94.4. The summed E-state index contributed by atoms with van der Waals surface area (Å²) in [4.78, 5) is 31.4. The Bertz CT molecular complexity index is 1800. The molecule has 0 saturated heterocycles. The highest BCUT2D eigenvalue weighted by Gasteiger charge is 2.74. The lowest BCUT2D eigenvalue weighted by Gasteiger charge is -2.26. The van der Waals surface area contributed by atoms with Gasteiger partial charge in [-0.1, -0.05) is 23.2 Å². The zero-order valence-electron chi connectivity index (χ0n) is 24.3. The van der Waals surface area contributed by atoms with Crippen molar-refractivity contribution in [2.45, 2.75) is 44.5 Å². The Morgan fingerprint density at radius 3 is 2.38 bits per heavy atom. The summed E-state index contributed by atoms with van der Waals surface area (Å²) in [6.07, 6.45) is -3.31. The van der Waals surface area contributed by atoms with Crippen molar-refractivity contribution in [2.24, 2.45) is 0 Å². The third-order valence-electron chi connectivity index (χ3n) is 6.42. The van der Waals surface area contributed by atoms with Crippen LogP contribution in [0.25, 0.3) is 5.82 Å². The lowest BCUT2D eigenvalue weighted by Crippen LogP contribution is -2.50. The van der Waals surface area contributed by atoms with Crippen molar-refractivity contribution in [3.05, 3.63) is 81.0 Å². The molecule has 3 aromatic heterocycles. The standard InChI is InChI=1S/C27H23Cl2F7N8O2S/c1-13-7-15(28)8-17(23(45)39-14(2)12-47-3)21(13)40-24(46)19-9-16(41-44(19)22-18(29)5-4-6-37-22)11-43-38-10-20(42-43)25(30,31)26(32,33)27(34,35)36/h4-10,14H,11-12H2,1-3H3,(H,39,45)(H,40,46)/t14-/m0/s1. The molecule has 0 radical (unpaired) electrons. The molecule has 0 saturated carbocycles. The first-order valence-electron chi connectivity index (χ1n) is 13.2. The number of anilines is 1. The van der Waals surface area contributed by atoms with Crippen molar-refractivity contribution in [1.29, 1.82) is 0 Å². The van der Waals surface area contributed by atoms with Gasteiger partial charge in [0.2, 0.25) is 0 Å². The highest BCUT2D eigenvalue weighted by atomic mass is 35.5. The van der Waals surface area contributed by atoms with E-state index < -0.39 is 42.1 Å². The van der Waals surface area contributed by atoms with Gasteiger partial charge in [-0.05, 0) is 56.0 Å². The predicted octanol–water partition coefficient (Wildman–Crippen LogP) is 6.55. The minimum absolute atomic E-state index is 0.0234. The summed E-state index contributed by atoms with van der Waals surface area (Å²) in [6.45, 7) is 2.73. The minimum Gasteiger partial charge on any atom is -0.349 e. The van der Waals surface area contributed by atoms with Crippen LogP contribution in [0.1, 0.15) is 44.7 Å². The fourth-order valence-corrected chi connectivity index (χ4v) is 5.28. The van der Waals surface area contributed by atoms with Crippen LogP contribution in [0.3, 0.4) is 0 Å². The number of carbonyl (C=O) groups excluding carboxylic acids is 2. The Hall–Kier alpha value is -3.90. The molecule has 4 aromatic rings. The van der Waals surface area contributed by atoms with Crippen molar-refractivity contribution in [2.75, 3.05) is 17.3 Å². The second-order valence-corrected chi connectivity index (χ2v) is 11.8. The fraction of sp³-hybridized carbons (Fsp3) is 0.333. The number of benzene rings is 1. The van der Waals surface area contributed by atoms with E-state index in [4.69, 9.17) is 23.2 Å². The average molecular weight is 727 g/mol. The largest absolute Gasteiger partial charge is 0.460 e. The number of aromatic nitrogens is 6. The molecule has 20 heteroatoms. The maximum absolute atomic E-state index is 14.2. The Balaban J connectivity index is 1.71. The number of hydrogen-bond donors (Lipinski definition) is 2. The first-order chi connectivity index (χ1) is 21.9. The van der Waals surface area contributed by atoms with Gasteiger partial charge < -0.3 is 10.6 Å². The maximum atomic E-state index is 14.2. The van der Waals surface area contributed by atoms with Crippen molar-refractivity contribution >= 4 is 52.5 Å². The molecule has 3 heterocycles. The van der Waals surface area contributed by atoms with Crippen molar-refractivity contribution in [3.8, 4) is 5.82 Å². The van der Waals surface area contributed by atoms with Crippen molar-refractivity contribution in [3.63, 3.8) is 0 Å². The number of nitrogens with one attached hydrogen (secondary N) is 2. The Morgan fingerprint density at radius 1 is 1.04 bits per heavy atom. The highest BCUT2D eigenvalue weighted by Crippen LogP contribution is 2.51. The molecule has 0 fully saturated rings. The van der Waals surface area contributed by atoms with E-state index in [-0.39, 0.29) is 50.7 Å². The van der Waals surface area contributed by atoms with Crippen LogP contribution in [0.2, 0.25) is 10.0 Å². The molecule has 0 aliphatic rings. The van der Waals surface area contributed by atoms with Crippen molar-refractivity contribution in [1.82, 2.24) is 35.1 Å². The molecule has 1 aromatic carbocycles. The summed E-state index contributed by atoms with van der Waals surface area (Å²) in [5, 5.41) is 16.4. The van der Waals surface area contributed by atoms with Crippen LogP contribution in [0.15, 0.2) is 42.7 Å². The predicted molar refractivity (Wildman–Crippen MR) is 160 cm³/mol. The summed E-state index contributed by atoms with van der Waals surface area (Å²) in [5.41, 5.74) is -1.77. The van der Waals surface area contributed by atoms with Crippen LogP contribution >= 0.6 is 35.0 Å². The Kier molecular flexibility index (Phi) is 10.5. The minimum atomic E-state index is -6.57. The van der Waals surface area contributed by atoms with E-state index >= 15 is 0 Å². The molecule has 4 rings (SSSR count). The molecule has 0 bridgehead atoms. The normalized spacial score (nSPS) is 13.0. The van der Waals surface area contributed by atoms with E-state index in [1.165, 1.54) is 42.2 Å². The summed E-state index contributed by atoms with van der Waals surface area (Å²) in [7, 11) is 0. The number of pyridine rings is 1. The van der Waals surface area contributed by atoms with Gasteiger partial charge in [0.25, 0.3) is 11.8 Å². The molecule has 0 spiro atoms. The summed E-state index contributed by atoms with van der Waals surface area (Å²) in [5.74, 6) is -13.0. The summed E-state index contributed by atoms with van der Waals surface area (Å²) in [6, 6.07) is 6.70. The number of alkyl halides is 7. The van der Waals surface area contributed by atoms with Crippen LogP contribution in [0.5, 0.6) is 0 Å². The number of hydrogen-bond acceptors (Lipinski definition) is 7. The van der Waals surface area contributed by atoms with E-state index in [1.807, 2.05) is 6.26 Å². The van der Waals surface area contributed by atoms with Gasteiger partial charge in [-0.25, -0.2) is 9.67 Å². The number of carbonyl (C=O) groups is 2. The third kappa shape index (κ3) is 7.49. The van der Waals surface area contributed by atoms with E-state index in [2.05, 4.69) is 30.9 Å². The van der Waals surface area contributed by atoms with Crippen LogP contribution in [0, 0.1) is 6.92 Å². The van der Waals surface area contributed by atoms with Gasteiger partial charge in [0.05, 0.1) is 28.2 Å². The van der Waals surface area contributed by atoms with Gasteiger partial charge in [0.1, 0.15) is 12.2 Å². The molecular weight excluding hydrogens is 704 g/mol. The molecule has 2 amide bonds. The topological polar surface area (TPSA) is 120 Å². The zero-order chi connectivity index (χ0) is 34.9. The van der Waals surface area contributed by atoms with Gasteiger partial charge in [-0.15, -0.1) is 0 Å². The van der Waals surface area contributed by atoms with Gasteiger partial charge >= 0.3 is 18.0 Å².